The van der Waals surface area contributed by atoms with Crippen LogP contribution in [-0.4, -0.2) is 74.7 Å². The Labute approximate surface area is 229 Å². The fraction of sp³-hybridized carbons (Fsp3) is 0.533. The van der Waals surface area contributed by atoms with E-state index in [4.69, 9.17) is 21.7 Å². The van der Waals surface area contributed by atoms with Crippen LogP contribution in [0.4, 0.5) is 0 Å². The second-order valence-corrected chi connectivity index (χ2v) is 9.79. The number of methoxy groups -OCH3 is 4. The molecule has 0 spiro atoms. The van der Waals surface area contributed by atoms with Gasteiger partial charge in [0.2, 0.25) is 11.8 Å². The summed E-state index contributed by atoms with van der Waals surface area (Å²) in [5, 5.41) is 0. The van der Waals surface area contributed by atoms with Crippen molar-refractivity contribution >= 4 is 11.8 Å². The number of benzene rings is 2. The number of ether oxygens (including phenoxy) is 4. The fourth-order valence-electron chi connectivity index (χ4n) is 4.98. The Balaban J connectivity index is 0.000000222. The van der Waals surface area contributed by atoms with Crippen molar-refractivity contribution < 1.29 is 31.3 Å². The third-order valence-electron chi connectivity index (χ3n) is 7.51. The zero-order valence-electron chi connectivity index (χ0n) is 25.3. The molecule has 0 radical (unpaired) electrons. The van der Waals surface area contributed by atoms with Crippen molar-refractivity contribution in [3.8, 4) is 0 Å². The monoisotopic (exact) mass is 528 g/mol. The number of hydrogen-bond acceptors (Lipinski definition) is 6. The molecule has 0 N–H and O–H groups in total. The van der Waals surface area contributed by atoms with Crippen molar-refractivity contribution in [3.63, 3.8) is 0 Å². The molecule has 2 fully saturated rings. The first kappa shape index (κ1) is 26.8. The number of carbonyl (C=O) groups excluding carboxylic acids is 2. The van der Waals surface area contributed by atoms with E-state index in [0.29, 0.717) is 26.1 Å². The maximum absolute atomic E-state index is 12.4. The van der Waals surface area contributed by atoms with Gasteiger partial charge < -0.3 is 28.7 Å². The zero-order chi connectivity index (χ0) is 29.6. The number of carbonyl (C=O) groups is 2. The molecule has 2 amide bonds. The van der Waals surface area contributed by atoms with E-state index in [0.717, 1.165) is 11.1 Å². The predicted octanol–water partition coefficient (Wildman–Crippen LogP) is 4.09. The van der Waals surface area contributed by atoms with E-state index in [1.54, 1.807) is 21.1 Å². The van der Waals surface area contributed by atoms with Crippen molar-refractivity contribution in [2.24, 2.45) is 11.8 Å². The first-order chi connectivity index (χ1) is 19.0. The van der Waals surface area contributed by atoms with Gasteiger partial charge in [0.05, 0.1) is 13.1 Å². The first-order valence-corrected chi connectivity index (χ1v) is 12.8. The molecule has 2 atom stereocenters. The minimum Gasteiger partial charge on any atom is -0.351 e. The highest BCUT2D eigenvalue weighted by Crippen LogP contribution is 2.33. The Morgan fingerprint density at radius 3 is 1.53 bits per heavy atom. The normalized spacial score (nSPS) is 24.7. The highest BCUT2D eigenvalue weighted by molar-refractivity contribution is 5.78. The smallest absolute Gasteiger partial charge is 0.223 e. The quantitative estimate of drug-likeness (QED) is 0.481. The van der Waals surface area contributed by atoms with Gasteiger partial charge in [-0.25, -0.2) is 0 Å². The van der Waals surface area contributed by atoms with Crippen LogP contribution in [0.25, 0.3) is 0 Å². The lowest BCUT2D eigenvalue weighted by atomic mass is 9.91. The number of nitrogens with zero attached hydrogens (tertiary/aromatic N) is 2. The SMILES string of the molecule is COC1(OC)CN(Cc2ccccc2)C(=O)CC1C.[2H]C1([2H])C(=O)N(Cc2ccccc2)CC(OC)(OC)C1C. The summed E-state index contributed by atoms with van der Waals surface area (Å²) in [6, 6.07) is 19.5. The summed E-state index contributed by atoms with van der Waals surface area (Å²) < 4.78 is 38.2. The molecule has 8 heteroatoms. The van der Waals surface area contributed by atoms with Gasteiger partial charge in [-0.2, -0.15) is 0 Å². The maximum Gasteiger partial charge on any atom is 0.223 e. The van der Waals surface area contributed by atoms with Gasteiger partial charge in [0.15, 0.2) is 11.6 Å². The van der Waals surface area contributed by atoms with Gasteiger partial charge in [-0.05, 0) is 11.1 Å². The topological polar surface area (TPSA) is 77.5 Å². The van der Waals surface area contributed by atoms with E-state index in [2.05, 4.69) is 0 Å². The molecule has 2 saturated heterocycles. The second-order valence-electron chi connectivity index (χ2n) is 9.79. The van der Waals surface area contributed by atoms with Crippen LogP contribution < -0.4 is 0 Å². The third-order valence-corrected chi connectivity index (χ3v) is 7.51. The van der Waals surface area contributed by atoms with E-state index < -0.39 is 29.8 Å². The van der Waals surface area contributed by atoms with E-state index in [-0.39, 0.29) is 18.4 Å². The van der Waals surface area contributed by atoms with E-state index in [1.165, 1.54) is 19.1 Å². The Hall–Kier alpha value is -2.78. The van der Waals surface area contributed by atoms with Gasteiger partial charge in [-0.3, -0.25) is 9.59 Å². The van der Waals surface area contributed by atoms with Gasteiger partial charge in [-0.1, -0.05) is 74.5 Å². The lowest BCUT2D eigenvalue weighted by Crippen LogP contribution is -2.57. The molecule has 4 rings (SSSR count). The van der Waals surface area contributed by atoms with Gasteiger partial charge in [0.1, 0.15) is 0 Å². The Bertz CT molecular complexity index is 1110. The fourth-order valence-corrected chi connectivity index (χ4v) is 4.98. The second kappa shape index (κ2) is 13.3. The average Bonchev–Trinajstić information content (AvgIpc) is 2.97. The standard InChI is InChI=1S/2C15H21NO3/c2*1-12-9-14(17)16(11-15(12,18-2)19-3)10-13-7-5-4-6-8-13/h2*4-8,12H,9-11H2,1-3H3/i9D2;. The summed E-state index contributed by atoms with van der Waals surface area (Å²) in [5.41, 5.74) is 2.06. The van der Waals surface area contributed by atoms with Crippen LogP contribution in [-0.2, 0) is 41.6 Å². The molecule has 2 aliphatic heterocycles. The van der Waals surface area contributed by atoms with Crippen LogP contribution in [0.2, 0.25) is 0 Å². The molecule has 0 saturated carbocycles. The van der Waals surface area contributed by atoms with Crippen LogP contribution in [0.5, 0.6) is 0 Å². The minimum absolute atomic E-state index is 0.0574. The molecule has 2 heterocycles. The van der Waals surface area contributed by atoms with Gasteiger partial charge in [0.25, 0.3) is 0 Å². The van der Waals surface area contributed by atoms with Crippen molar-refractivity contribution in [1.82, 2.24) is 9.80 Å². The number of likely N-dealkylation sites (tertiary alicyclic amines) is 2. The lowest BCUT2D eigenvalue weighted by molar-refractivity contribution is -0.256. The Morgan fingerprint density at radius 1 is 0.711 bits per heavy atom. The number of piperidine rings is 2. The summed E-state index contributed by atoms with van der Waals surface area (Å²) in [7, 11) is 6.23. The van der Waals surface area contributed by atoms with Crippen LogP contribution in [0.3, 0.4) is 0 Å². The molecule has 2 aromatic carbocycles. The van der Waals surface area contributed by atoms with Crippen molar-refractivity contribution in [2.45, 2.75) is 51.3 Å². The number of hydrogen-bond donors (Lipinski definition) is 0. The first-order valence-electron chi connectivity index (χ1n) is 13.8. The van der Waals surface area contributed by atoms with Crippen LogP contribution in [0.1, 0.15) is 40.5 Å². The molecule has 0 aliphatic carbocycles. The highest BCUT2D eigenvalue weighted by atomic mass is 16.7. The molecular formula is C30H42N2O6. The molecule has 208 valence electrons. The highest BCUT2D eigenvalue weighted by Gasteiger charge is 2.46. The van der Waals surface area contributed by atoms with Crippen LogP contribution >= 0.6 is 0 Å². The van der Waals surface area contributed by atoms with Crippen LogP contribution in [0.15, 0.2) is 60.7 Å². The molecule has 0 bridgehead atoms. The Morgan fingerprint density at radius 2 is 1.11 bits per heavy atom. The van der Waals surface area contributed by atoms with Crippen molar-refractivity contribution in [1.29, 1.82) is 0 Å². The summed E-state index contributed by atoms with van der Waals surface area (Å²) >= 11 is 0. The number of rotatable bonds is 8. The van der Waals surface area contributed by atoms with E-state index in [9.17, 15) is 9.59 Å². The minimum atomic E-state index is -2.03. The van der Waals surface area contributed by atoms with Crippen LogP contribution in [0, 0.1) is 11.8 Å². The summed E-state index contributed by atoms with van der Waals surface area (Å²) in [6.45, 7) is 5.24. The summed E-state index contributed by atoms with van der Waals surface area (Å²) in [4.78, 5) is 27.8. The van der Waals surface area contributed by atoms with E-state index >= 15 is 0 Å². The molecular weight excluding hydrogens is 484 g/mol. The van der Waals surface area contributed by atoms with Crippen molar-refractivity contribution in [2.75, 3.05) is 41.5 Å². The predicted molar refractivity (Wildman–Crippen MR) is 145 cm³/mol. The van der Waals surface area contributed by atoms with Gasteiger partial charge in [-0.15, -0.1) is 0 Å². The summed E-state index contributed by atoms with van der Waals surface area (Å²) in [5.74, 6) is -2.83. The van der Waals surface area contributed by atoms with Crippen molar-refractivity contribution in [3.05, 3.63) is 71.8 Å². The van der Waals surface area contributed by atoms with Gasteiger partial charge in [0, 0.05) is 68.9 Å². The largest absolute Gasteiger partial charge is 0.351 e. The Kier molecular flexibility index (Phi) is 9.41. The third kappa shape index (κ3) is 6.80. The molecule has 8 nitrogen and oxygen atoms in total. The number of amides is 2. The molecule has 38 heavy (non-hydrogen) atoms. The molecule has 2 aromatic rings. The molecule has 0 aromatic heterocycles. The average molecular weight is 529 g/mol. The zero-order valence-corrected chi connectivity index (χ0v) is 23.3. The van der Waals surface area contributed by atoms with Gasteiger partial charge >= 0.3 is 0 Å². The lowest BCUT2D eigenvalue weighted by Gasteiger charge is -2.44. The molecule has 2 unspecified atom stereocenters. The van der Waals surface area contributed by atoms with E-state index in [1.807, 2.05) is 72.5 Å². The summed E-state index contributed by atoms with van der Waals surface area (Å²) in [6.07, 6.45) is -1.58. The maximum atomic E-state index is 12.4. The molecule has 2 aliphatic rings.